The lowest BCUT2D eigenvalue weighted by Crippen LogP contribution is -2.28. The van der Waals surface area contributed by atoms with E-state index in [1.807, 2.05) is 0 Å². The van der Waals surface area contributed by atoms with Crippen LogP contribution < -0.4 is 16.4 Å². The largest absolute Gasteiger partial charge is 0.435 e. The fourth-order valence-electron chi connectivity index (χ4n) is 4.11. The Morgan fingerprint density at radius 3 is 2.74 bits per heavy atom. The van der Waals surface area contributed by atoms with E-state index in [0.717, 1.165) is 18.9 Å². The highest BCUT2D eigenvalue weighted by Gasteiger charge is 2.39. The van der Waals surface area contributed by atoms with Crippen molar-refractivity contribution in [2.75, 3.05) is 31.6 Å². The Hall–Kier alpha value is -4.04. The number of ether oxygens (including phenoxy) is 1. The van der Waals surface area contributed by atoms with Crippen LogP contribution in [-0.2, 0) is 17.5 Å². The number of aromatic nitrogens is 5. The number of alkyl halides is 3. The van der Waals surface area contributed by atoms with Crippen molar-refractivity contribution in [3.8, 4) is 11.3 Å². The van der Waals surface area contributed by atoms with Crippen molar-refractivity contribution in [3.63, 3.8) is 0 Å². The first-order valence-corrected chi connectivity index (χ1v) is 12.3. The van der Waals surface area contributed by atoms with Crippen LogP contribution in [0.1, 0.15) is 28.9 Å². The van der Waals surface area contributed by atoms with E-state index in [1.54, 1.807) is 0 Å². The van der Waals surface area contributed by atoms with Gasteiger partial charge in [-0.05, 0) is 37.0 Å². The van der Waals surface area contributed by atoms with Crippen LogP contribution in [0.5, 0.6) is 0 Å². The number of fused-ring (bicyclic) bond motifs is 1. The number of hydrogen-bond donors (Lipinski definition) is 3. The quantitative estimate of drug-likeness (QED) is 0.194. The van der Waals surface area contributed by atoms with Crippen LogP contribution >= 0.6 is 0 Å². The summed E-state index contributed by atoms with van der Waals surface area (Å²) >= 11 is 0. The first-order valence-electron chi connectivity index (χ1n) is 12.3. The van der Waals surface area contributed by atoms with Gasteiger partial charge in [0.2, 0.25) is 0 Å². The second-order valence-corrected chi connectivity index (χ2v) is 9.14. The van der Waals surface area contributed by atoms with Gasteiger partial charge < -0.3 is 21.1 Å². The molecular weight excluding hydrogens is 520 g/mol. The number of carbonyl (C=O) groups is 1. The van der Waals surface area contributed by atoms with Gasteiger partial charge in [-0.25, -0.2) is 14.4 Å². The van der Waals surface area contributed by atoms with E-state index >= 15 is 0 Å². The monoisotopic (exact) mass is 546 g/mol. The predicted molar refractivity (Wildman–Crippen MR) is 134 cm³/mol. The molecule has 0 aliphatic heterocycles. The lowest BCUT2D eigenvalue weighted by atomic mass is 10.1. The molecule has 0 radical (unpaired) electrons. The third-order valence-electron chi connectivity index (χ3n) is 6.15. The fourth-order valence-corrected chi connectivity index (χ4v) is 4.11. The lowest BCUT2D eigenvalue weighted by Gasteiger charge is -2.10. The Morgan fingerprint density at radius 2 is 2.03 bits per heavy atom. The van der Waals surface area contributed by atoms with Gasteiger partial charge in [0.1, 0.15) is 5.82 Å². The van der Waals surface area contributed by atoms with Crippen molar-refractivity contribution in [1.29, 1.82) is 0 Å². The van der Waals surface area contributed by atoms with Gasteiger partial charge in [0.25, 0.3) is 5.91 Å². The number of nitrogens with two attached hydrogens (primary N) is 1. The van der Waals surface area contributed by atoms with Gasteiger partial charge >= 0.3 is 6.18 Å². The number of amides is 1. The number of nitrogens with one attached hydrogen (secondary N) is 2. The van der Waals surface area contributed by atoms with Crippen LogP contribution in [0.4, 0.5) is 29.1 Å². The molecule has 0 bridgehead atoms. The van der Waals surface area contributed by atoms with Crippen molar-refractivity contribution in [2.45, 2.75) is 25.6 Å². The van der Waals surface area contributed by atoms with Gasteiger partial charge in [-0.3, -0.25) is 13.9 Å². The summed E-state index contributed by atoms with van der Waals surface area (Å²) in [7, 11) is 0. The van der Waals surface area contributed by atoms with E-state index in [-0.39, 0.29) is 47.1 Å². The molecule has 0 atom stereocenters. The first-order chi connectivity index (χ1) is 18.7. The normalized spacial score (nSPS) is 13.7. The van der Waals surface area contributed by atoms with E-state index in [1.165, 1.54) is 46.0 Å². The molecule has 0 unspecified atom stereocenters. The third-order valence-corrected chi connectivity index (χ3v) is 6.15. The summed E-state index contributed by atoms with van der Waals surface area (Å²) in [6.45, 7) is 1.59. The number of benzene rings is 1. The highest BCUT2D eigenvalue weighted by molar-refractivity contribution is 5.95. The zero-order chi connectivity index (χ0) is 27.6. The molecule has 4 N–H and O–H groups in total. The Morgan fingerprint density at radius 1 is 1.21 bits per heavy atom. The van der Waals surface area contributed by atoms with E-state index in [4.69, 9.17) is 10.5 Å². The zero-order valence-corrected chi connectivity index (χ0v) is 20.7. The molecule has 0 spiro atoms. The average Bonchev–Trinajstić information content (AvgIpc) is 3.42. The third kappa shape index (κ3) is 6.01. The summed E-state index contributed by atoms with van der Waals surface area (Å²) in [5.74, 6) is -0.837. The molecule has 14 heteroatoms. The van der Waals surface area contributed by atoms with Crippen LogP contribution in [0.15, 0.2) is 43.0 Å². The van der Waals surface area contributed by atoms with E-state index in [0.29, 0.717) is 25.6 Å². The number of carbonyl (C=O) groups excluding carboxylic acids is 1. The second-order valence-electron chi connectivity index (χ2n) is 9.14. The maximum Gasteiger partial charge on any atom is 0.435 e. The molecule has 1 aliphatic carbocycles. The summed E-state index contributed by atoms with van der Waals surface area (Å²) in [5.41, 5.74) is 4.78. The van der Waals surface area contributed by atoms with E-state index in [9.17, 15) is 22.4 Å². The molecule has 1 amide bonds. The fraction of sp³-hybridized carbons (Fsp3) is 0.360. The Balaban J connectivity index is 1.37. The van der Waals surface area contributed by atoms with Gasteiger partial charge in [-0.15, -0.1) is 0 Å². The maximum atomic E-state index is 14.7. The van der Waals surface area contributed by atoms with Crippen molar-refractivity contribution < 1.29 is 27.1 Å². The Labute approximate surface area is 220 Å². The number of imidazole rings is 1. The number of anilines is 2. The number of nitrogens with zero attached hydrogens (tertiary/aromatic N) is 5. The van der Waals surface area contributed by atoms with Crippen molar-refractivity contribution in [3.05, 3.63) is 60.1 Å². The van der Waals surface area contributed by atoms with Crippen molar-refractivity contribution in [2.24, 2.45) is 11.7 Å². The molecule has 1 saturated carbocycles. The molecule has 39 heavy (non-hydrogen) atoms. The molecule has 1 aliphatic rings. The SMILES string of the molecule is NCCOCCNC(=O)c1ccc(Nc2nccn3c(-c4cn(CC5CC5)nc4C(F)(F)F)cnc23)cc1F. The van der Waals surface area contributed by atoms with Gasteiger partial charge in [0, 0.05) is 43.9 Å². The van der Waals surface area contributed by atoms with Gasteiger partial charge in [-0.1, -0.05) is 0 Å². The Kier molecular flexibility index (Phi) is 7.48. The highest BCUT2D eigenvalue weighted by atomic mass is 19.4. The first kappa shape index (κ1) is 26.6. The molecule has 0 saturated heterocycles. The standard InChI is InChI=1S/C25H26F4N8O2/c26-19-11-16(3-4-17(19)24(38)32-7-10-39-9-5-30)34-22-23-33-12-20(37(23)8-6-31-22)18-14-36(13-15-1-2-15)35-21(18)25(27,28)29/h3-4,6,8,11-12,14-15H,1-2,5,7,9-10,13,30H2,(H,31,34)(H,32,38). The topological polar surface area (TPSA) is 124 Å². The Bertz CT molecular complexity index is 1480. The van der Waals surface area contributed by atoms with Crippen LogP contribution in [0.3, 0.4) is 0 Å². The van der Waals surface area contributed by atoms with E-state index < -0.39 is 23.6 Å². The molecule has 3 aromatic heterocycles. The summed E-state index contributed by atoms with van der Waals surface area (Å²) < 4.78 is 64.1. The minimum absolute atomic E-state index is 0.0948. The predicted octanol–water partition coefficient (Wildman–Crippen LogP) is 3.61. The number of rotatable bonds is 11. The molecule has 206 valence electrons. The molecule has 10 nitrogen and oxygen atoms in total. The van der Waals surface area contributed by atoms with Crippen LogP contribution in [0.25, 0.3) is 16.9 Å². The number of halogens is 4. The van der Waals surface area contributed by atoms with Crippen LogP contribution in [-0.4, -0.2) is 56.4 Å². The summed E-state index contributed by atoms with van der Waals surface area (Å²) in [6.07, 6.45) is 2.90. The lowest BCUT2D eigenvalue weighted by molar-refractivity contribution is -0.141. The molecule has 3 heterocycles. The molecule has 4 aromatic rings. The van der Waals surface area contributed by atoms with Gasteiger partial charge in [0.05, 0.1) is 36.2 Å². The maximum absolute atomic E-state index is 14.7. The van der Waals surface area contributed by atoms with Gasteiger partial charge in [0.15, 0.2) is 17.2 Å². The zero-order valence-electron chi connectivity index (χ0n) is 20.7. The summed E-state index contributed by atoms with van der Waals surface area (Å²) in [5, 5.41) is 9.30. The van der Waals surface area contributed by atoms with Crippen LogP contribution in [0, 0.1) is 11.7 Å². The van der Waals surface area contributed by atoms with Crippen molar-refractivity contribution in [1.82, 2.24) is 29.5 Å². The average molecular weight is 547 g/mol. The number of hydrogen-bond acceptors (Lipinski definition) is 7. The minimum atomic E-state index is -4.65. The summed E-state index contributed by atoms with van der Waals surface area (Å²) in [6, 6.07) is 3.93. The van der Waals surface area contributed by atoms with Crippen molar-refractivity contribution >= 4 is 23.1 Å². The van der Waals surface area contributed by atoms with Gasteiger partial charge in [-0.2, -0.15) is 18.3 Å². The minimum Gasteiger partial charge on any atom is -0.378 e. The van der Waals surface area contributed by atoms with Crippen LogP contribution in [0.2, 0.25) is 0 Å². The molecule has 1 aromatic carbocycles. The highest BCUT2D eigenvalue weighted by Crippen LogP contribution is 2.38. The molecular formula is C25H26F4N8O2. The second kappa shape index (κ2) is 11.0. The molecule has 1 fully saturated rings. The smallest absolute Gasteiger partial charge is 0.378 e. The molecule has 5 rings (SSSR count). The van der Waals surface area contributed by atoms with E-state index in [2.05, 4.69) is 25.7 Å². The summed E-state index contributed by atoms with van der Waals surface area (Å²) in [4.78, 5) is 20.8.